The lowest BCUT2D eigenvalue weighted by Crippen LogP contribution is -2.47. The van der Waals surface area contributed by atoms with Crippen molar-refractivity contribution in [2.75, 3.05) is 38.2 Å². The molecule has 1 aromatic rings. The number of amides is 3. The molecule has 1 saturated heterocycles. The molecule has 0 bridgehead atoms. The molecular formula is C19H24N4O5. The SMILES string of the molecule is CCOC(=O)N1CCC(NC(=O)COCC(=O)Nc2ccc(C#N)cc2)CC1. The minimum Gasteiger partial charge on any atom is -0.450 e. The largest absolute Gasteiger partial charge is 0.450 e. The molecule has 0 atom stereocenters. The number of nitrogens with one attached hydrogen (secondary N) is 2. The Morgan fingerprint density at radius 3 is 2.39 bits per heavy atom. The molecule has 0 radical (unpaired) electrons. The molecule has 1 aliphatic rings. The first-order valence-corrected chi connectivity index (χ1v) is 9.10. The summed E-state index contributed by atoms with van der Waals surface area (Å²) in [5, 5.41) is 14.2. The van der Waals surface area contributed by atoms with E-state index in [4.69, 9.17) is 14.7 Å². The van der Waals surface area contributed by atoms with Gasteiger partial charge in [0.15, 0.2) is 0 Å². The number of likely N-dealkylation sites (tertiary alicyclic amines) is 1. The number of carbonyl (C=O) groups is 3. The Morgan fingerprint density at radius 2 is 1.79 bits per heavy atom. The van der Waals surface area contributed by atoms with Crippen molar-refractivity contribution in [3.8, 4) is 6.07 Å². The molecular weight excluding hydrogens is 364 g/mol. The van der Waals surface area contributed by atoms with Gasteiger partial charge in [-0.1, -0.05) is 0 Å². The first kappa shape index (κ1) is 21.2. The molecule has 9 nitrogen and oxygen atoms in total. The van der Waals surface area contributed by atoms with Gasteiger partial charge in [0.05, 0.1) is 18.2 Å². The van der Waals surface area contributed by atoms with Crippen molar-refractivity contribution in [2.45, 2.75) is 25.8 Å². The maximum Gasteiger partial charge on any atom is 0.409 e. The molecule has 0 spiro atoms. The molecule has 3 amide bonds. The Bertz CT molecular complexity index is 721. The van der Waals surface area contributed by atoms with Crippen molar-refractivity contribution in [3.05, 3.63) is 29.8 Å². The average Bonchev–Trinajstić information content (AvgIpc) is 2.69. The number of nitriles is 1. The molecule has 150 valence electrons. The summed E-state index contributed by atoms with van der Waals surface area (Å²) in [6.07, 6.45) is 0.955. The van der Waals surface area contributed by atoms with Gasteiger partial charge in [0.2, 0.25) is 11.8 Å². The molecule has 2 rings (SSSR count). The lowest BCUT2D eigenvalue weighted by Gasteiger charge is -2.31. The Morgan fingerprint density at radius 1 is 1.14 bits per heavy atom. The summed E-state index contributed by atoms with van der Waals surface area (Å²) in [5.41, 5.74) is 1.05. The topological polar surface area (TPSA) is 121 Å². The van der Waals surface area contributed by atoms with Gasteiger partial charge in [-0.05, 0) is 44.0 Å². The van der Waals surface area contributed by atoms with Crippen LogP contribution in [0.1, 0.15) is 25.3 Å². The zero-order chi connectivity index (χ0) is 20.4. The number of ether oxygens (including phenoxy) is 2. The number of anilines is 1. The predicted octanol–water partition coefficient (Wildman–Crippen LogP) is 1.25. The highest BCUT2D eigenvalue weighted by atomic mass is 16.6. The molecule has 9 heteroatoms. The first-order valence-electron chi connectivity index (χ1n) is 9.10. The first-order chi connectivity index (χ1) is 13.5. The third kappa shape index (κ3) is 6.89. The van der Waals surface area contributed by atoms with Crippen molar-refractivity contribution >= 4 is 23.6 Å². The van der Waals surface area contributed by atoms with Crippen LogP contribution in [0, 0.1) is 11.3 Å². The fourth-order valence-electron chi connectivity index (χ4n) is 2.75. The number of hydrogen-bond donors (Lipinski definition) is 2. The van der Waals surface area contributed by atoms with Crippen LogP contribution in [-0.4, -0.2) is 61.8 Å². The number of hydrogen-bond acceptors (Lipinski definition) is 6. The second-order valence-electron chi connectivity index (χ2n) is 6.26. The van der Waals surface area contributed by atoms with E-state index in [9.17, 15) is 14.4 Å². The average molecular weight is 388 g/mol. The van der Waals surface area contributed by atoms with Crippen LogP contribution in [0.15, 0.2) is 24.3 Å². The second-order valence-corrected chi connectivity index (χ2v) is 6.26. The van der Waals surface area contributed by atoms with E-state index in [1.165, 1.54) is 0 Å². The van der Waals surface area contributed by atoms with E-state index in [-0.39, 0.29) is 37.2 Å². The van der Waals surface area contributed by atoms with Crippen molar-refractivity contribution in [1.29, 1.82) is 5.26 Å². The smallest absolute Gasteiger partial charge is 0.409 e. The number of rotatable bonds is 7. The number of nitrogens with zero attached hydrogens (tertiary/aromatic N) is 2. The van der Waals surface area contributed by atoms with E-state index >= 15 is 0 Å². The summed E-state index contributed by atoms with van der Waals surface area (Å²) >= 11 is 0. The quantitative estimate of drug-likeness (QED) is 0.725. The van der Waals surface area contributed by atoms with E-state index in [1.54, 1.807) is 36.1 Å². The van der Waals surface area contributed by atoms with Crippen LogP contribution >= 0.6 is 0 Å². The van der Waals surface area contributed by atoms with E-state index < -0.39 is 0 Å². The number of piperidine rings is 1. The Balaban J connectivity index is 1.61. The van der Waals surface area contributed by atoms with Gasteiger partial charge in [0.1, 0.15) is 13.2 Å². The Hall–Kier alpha value is -3.12. The van der Waals surface area contributed by atoms with E-state index in [0.717, 1.165) is 0 Å². The van der Waals surface area contributed by atoms with Gasteiger partial charge in [0, 0.05) is 24.8 Å². The molecule has 1 heterocycles. The molecule has 1 aliphatic heterocycles. The molecule has 2 N–H and O–H groups in total. The highest BCUT2D eigenvalue weighted by Gasteiger charge is 2.24. The predicted molar refractivity (Wildman–Crippen MR) is 100 cm³/mol. The highest BCUT2D eigenvalue weighted by molar-refractivity contribution is 5.91. The fourth-order valence-corrected chi connectivity index (χ4v) is 2.75. The summed E-state index contributed by atoms with van der Waals surface area (Å²) in [7, 11) is 0. The van der Waals surface area contributed by atoms with Gasteiger partial charge < -0.3 is 25.0 Å². The van der Waals surface area contributed by atoms with Gasteiger partial charge in [-0.15, -0.1) is 0 Å². The van der Waals surface area contributed by atoms with Gasteiger partial charge in [0.25, 0.3) is 0 Å². The lowest BCUT2D eigenvalue weighted by atomic mass is 10.1. The maximum absolute atomic E-state index is 11.9. The Labute approximate surface area is 163 Å². The van der Waals surface area contributed by atoms with E-state index in [1.807, 2.05) is 6.07 Å². The summed E-state index contributed by atoms with van der Waals surface area (Å²) in [5.74, 6) is -0.694. The van der Waals surface area contributed by atoms with Crippen LogP contribution in [0.2, 0.25) is 0 Å². The lowest BCUT2D eigenvalue weighted by molar-refractivity contribution is -0.129. The summed E-state index contributed by atoms with van der Waals surface area (Å²) in [4.78, 5) is 37.0. The van der Waals surface area contributed by atoms with Crippen molar-refractivity contribution < 1.29 is 23.9 Å². The minimum atomic E-state index is -0.389. The molecule has 28 heavy (non-hydrogen) atoms. The zero-order valence-electron chi connectivity index (χ0n) is 15.8. The van der Waals surface area contributed by atoms with E-state index in [2.05, 4.69) is 10.6 Å². The highest BCUT2D eigenvalue weighted by Crippen LogP contribution is 2.11. The van der Waals surface area contributed by atoms with Crippen LogP contribution in [0.3, 0.4) is 0 Å². The molecule has 1 aromatic carbocycles. The Kier molecular flexibility index (Phi) is 8.24. The summed E-state index contributed by atoms with van der Waals surface area (Å²) in [6, 6.07) is 8.38. The molecule has 0 unspecified atom stereocenters. The minimum absolute atomic E-state index is 0.0331. The van der Waals surface area contributed by atoms with Gasteiger partial charge in [-0.3, -0.25) is 9.59 Å². The fraction of sp³-hybridized carbons (Fsp3) is 0.474. The van der Waals surface area contributed by atoms with Gasteiger partial charge >= 0.3 is 6.09 Å². The second kappa shape index (κ2) is 10.9. The molecule has 0 aliphatic carbocycles. The van der Waals surface area contributed by atoms with Crippen LogP contribution < -0.4 is 10.6 Å². The monoisotopic (exact) mass is 388 g/mol. The third-order valence-electron chi connectivity index (χ3n) is 4.15. The van der Waals surface area contributed by atoms with Crippen LogP contribution in [0.25, 0.3) is 0 Å². The normalized spacial score (nSPS) is 14.1. The van der Waals surface area contributed by atoms with Crippen LogP contribution in [0.5, 0.6) is 0 Å². The van der Waals surface area contributed by atoms with Crippen LogP contribution in [0.4, 0.5) is 10.5 Å². The number of benzene rings is 1. The van der Waals surface area contributed by atoms with Crippen molar-refractivity contribution in [1.82, 2.24) is 10.2 Å². The standard InChI is InChI=1S/C19H24N4O5/c1-2-28-19(26)23-9-7-16(8-10-23)22-18(25)13-27-12-17(24)21-15-5-3-14(11-20)4-6-15/h3-6,16H,2,7-10,12-13H2,1H3,(H,21,24)(H,22,25). The van der Waals surface area contributed by atoms with Gasteiger partial charge in [-0.2, -0.15) is 5.26 Å². The van der Waals surface area contributed by atoms with Gasteiger partial charge in [-0.25, -0.2) is 4.79 Å². The summed E-state index contributed by atoms with van der Waals surface area (Å²) < 4.78 is 10.1. The maximum atomic E-state index is 11.9. The molecule has 0 aromatic heterocycles. The molecule has 0 saturated carbocycles. The van der Waals surface area contributed by atoms with E-state index in [0.29, 0.717) is 43.8 Å². The van der Waals surface area contributed by atoms with Crippen LogP contribution in [-0.2, 0) is 19.1 Å². The third-order valence-corrected chi connectivity index (χ3v) is 4.15. The summed E-state index contributed by atoms with van der Waals surface area (Å²) in [6.45, 7) is 2.67. The van der Waals surface area contributed by atoms with Crippen molar-refractivity contribution in [2.24, 2.45) is 0 Å². The molecule has 1 fully saturated rings. The van der Waals surface area contributed by atoms with Crippen molar-refractivity contribution in [3.63, 3.8) is 0 Å². The number of carbonyl (C=O) groups excluding carboxylic acids is 3. The zero-order valence-corrected chi connectivity index (χ0v) is 15.8.